The quantitative estimate of drug-likeness (QED) is 0.636. The minimum Gasteiger partial charge on any atom is -0.325 e. The average Bonchev–Trinajstić information content (AvgIpc) is 2.88. The molecular weight excluding hydrogens is 214 g/mol. The third-order valence-electron chi connectivity index (χ3n) is 4.80. The Bertz CT molecular complexity index is 301. The van der Waals surface area contributed by atoms with Gasteiger partial charge in [-0.2, -0.15) is 0 Å². The van der Waals surface area contributed by atoms with Crippen LogP contribution in [0.2, 0.25) is 0 Å². The summed E-state index contributed by atoms with van der Waals surface area (Å²) >= 11 is 0. The Labute approximate surface area is 104 Å². The first-order chi connectivity index (χ1) is 8.25. The second-order valence-electron chi connectivity index (χ2n) is 5.76. The summed E-state index contributed by atoms with van der Waals surface area (Å²) in [5.41, 5.74) is 0. The summed E-state index contributed by atoms with van der Waals surface area (Å²) in [6.45, 7) is 3.85. The van der Waals surface area contributed by atoms with Gasteiger partial charge in [0.25, 0.3) is 0 Å². The maximum absolute atomic E-state index is 12.4. The predicted octanol–water partition coefficient (Wildman–Crippen LogP) is 1.37. The molecule has 0 spiro atoms. The Morgan fingerprint density at radius 2 is 1.65 bits per heavy atom. The van der Waals surface area contributed by atoms with Crippen molar-refractivity contribution >= 4 is 6.03 Å². The normalized spacial score (nSPS) is 34.2. The number of amides is 2. The average molecular weight is 237 g/mol. The highest BCUT2D eigenvalue weighted by Crippen LogP contribution is 2.29. The number of rotatable bonds is 0. The van der Waals surface area contributed by atoms with Crippen LogP contribution in [0.4, 0.5) is 4.79 Å². The molecule has 0 radical (unpaired) electrons. The van der Waals surface area contributed by atoms with E-state index >= 15 is 0 Å². The fourth-order valence-corrected chi connectivity index (χ4v) is 3.59. The minimum absolute atomic E-state index is 0.295. The van der Waals surface area contributed by atoms with Crippen LogP contribution in [-0.2, 0) is 0 Å². The fourth-order valence-electron chi connectivity index (χ4n) is 3.59. The number of hydrogen-bond acceptors (Lipinski definition) is 2. The standard InChI is InChI=1S/C13H23N3O/c1-14-11-4-5-12(14)10-16(9-6-11)13(17)15-7-2-3-8-15/h11-12H,2-10H2,1H3. The van der Waals surface area contributed by atoms with E-state index in [1.807, 2.05) is 4.90 Å². The molecular formula is C13H23N3O. The molecule has 2 amide bonds. The van der Waals surface area contributed by atoms with Crippen molar-refractivity contribution in [2.75, 3.05) is 33.2 Å². The number of hydrogen-bond donors (Lipinski definition) is 0. The summed E-state index contributed by atoms with van der Waals surface area (Å²) in [6, 6.07) is 1.62. The molecule has 3 aliphatic heterocycles. The lowest BCUT2D eigenvalue weighted by atomic mass is 10.1. The van der Waals surface area contributed by atoms with Gasteiger partial charge in [-0.25, -0.2) is 4.79 Å². The van der Waals surface area contributed by atoms with Gasteiger partial charge in [0, 0.05) is 38.3 Å². The maximum Gasteiger partial charge on any atom is 0.320 e. The van der Waals surface area contributed by atoms with Gasteiger partial charge >= 0.3 is 6.03 Å². The van der Waals surface area contributed by atoms with Crippen molar-refractivity contribution in [3.63, 3.8) is 0 Å². The van der Waals surface area contributed by atoms with Crippen LogP contribution in [0.25, 0.3) is 0 Å². The summed E-state index contributed by atoms with van der Waals surface area (Å²) in [7, 11) is 2.23. The number of carbonyl (C=O) groups is 1. The molecule has 3 heterocycles. The predicted molar refractivity (Wildman–Crippen MR) is 67.0 cm³/mol. The van der Waals surface area contributed by atoms with E-state index in [0.717, 1.165) is 38.6 Å². The first-order valence-electron chi connectivity index (χ1n) is 7.01. The largest absolute Gasteiger partial charge is 0.325 e. The second-order valence-corrected chi connectivity index (χ2v) is 5.76. The summed E-state index contributed by atoms with van der Waals surface area (Å²) in [5, 5.41) is 0. The topological polar surface area (TPSA) is 26.8 Å². The zero-order valence-corrected chi connectivity index (χ0v) is 10.8. The molecule has 3 saturated heterocycles. The summed E-state index contributed by atoms with van der Waals surface area (Å²) in [5.74, 6) is 0. The minimum atomic E-state index is 0.295. The van der Waals surface area contributed by atoms with Gasteiger partial charge in [-0.3, -0.25) is 4.90 Å². The van der Waals surface area contributed by atoms with Crippen LogP contribution in [0.1, 0.15) is 32.1 Å². The number of urea groups is 1. The van der Waals surface area contributed by atoms with Gasteiger partial charge in [0.1, 0.15) is 0 Å². The maximum atomic E-state index is 12.4. The molecule has 0 aliphatic carbocycles. The van der Waals surface area contributed by atoms with E-state index in [1.165, 1.54) is 25.7 Å². The number of fused-ring (bicyclic) bond motifs is 2. The molecule has 0 N–H and O–H groups in total. The molecule has 0 aromatic heterocycles. The highest BCUT2D eigenvalue weighted by molar-refractivity contribution is 5.74. The molecule has 17 heavy (non-hydrogen) atoms. The zero-order chi connectivity index (χ0) is 11.8. The molecule has 0 saturated carbocycles. The van der Waals surface area contributed by atoms with Crippen LogP contribution in [0.15, 0.2) is 0 Å². The molecule has 0 aromatic carbocycles. The van der Waals surface area contributed by atoms with Gasteiger partial charge in [0.05, 0.1) is 0 Å². The highest BCUT2D eigenvalue weighted by atomic mass is 16.2. The Morgan fingerprint density at radius 3 is 2.41 bits per heavy atom. The molecule has 2 unspecified atom stereocenters. The molecule has 3 fully saturated rings. The molecule has 0 aromatic rings. The van der Waals surface area contributed by atoms with E-state index in [2.05, 4.69) is 16.8 Å². The van der Waals surface area contributed by atoms with Crippen molar-refractivity contribution < 1.29 is 4.79 Å². The van der Waals surface area contributed by atoms with Crippen LogP contribution in [0, 0.1) is 0 Å². The van der Waals surface area contributed by atoms with E-state index in [4.69, 9.17) is 0 Å². The summed E-state index contributed by atoms with van der Waals surface area (Å²) in [4.78, 5) is 19.0. The molecule has 3 aliphatic rings. The van der Waals surface area contributed by atoms with Gasteiger partial charge in [-0.05, 0) is 39.2 Å². The van der Waals surface area contributed by atoms with Crippen LogP contribution in [0.5, 0.6) is 0 Å². The Morgan fingerprint density at radius 1 is 0.941 bits per heavy atom. The Kier molecular flexibility index (Phi) is 2.99. The third-order valence-corrected chi connectivity index (χ3v) is 4.80. The first kappa shape index (κ1) is 11.3. The van der Waals surface area contributed by atoms with E-state index in [-0.39, 0.29) is 0 Å². The van der Waals surface area contributed by atoms with E-state index < -0.39 is 0 Å². The molecule has 96 valence electrons. The Hall–Kier alpha value is -0.770. The van der Waals surface area contributed by atoms with Gasteiger partial charge in [-0.15, -0.1) is 0 Å². The monoisotopic (exact) mass is 237 g/mol. The van der Waals surface area contributed by atoms with E-state index in [9.17, 15) is 4.79 Å². The second kappa shape index (κ2) is 4.48. The number of likely N-dealkylation sites (N-methyl/N-ethyl adjacent to an activating group) is 1. The smallest absolute Gasteiger partial charge is 0.320 e. The van der Waals surface area contributed by atoms with Crippen LogP contribution in [-0.4, -0.2) is 66.0 Å². The van der Waals surface area contributed by atoms with Crippen molar-refractivity contribution in [2.24, 2.45) is 0 Å². The molecule has 4 nitrogen and oxygen atoms in total. The van der Waals surface area contributed by atoms with E-state index in [1.54, 1.807) is 0 Å². The van der Waals surface area contributed by atoms with E-state index in [0.29, 0.717) is 12.1 Å². The van der Waals surface area contributed by atoms with Gasteiger partial charge in [0.15, 0.2) is 0 Å². The van der Waals surface area contributed by atoms with Gasteiger partial charge in [0.2, 0.25) is 0 Å². The van der Waals surface area contributed by atoms with Gasteiger partial charge in [-0.1, -0.05) is 0 Å². The summed E-state index contributed by atoms with van der Waals surface area (Å²) in [6.07, 6.45) is 6.13. The third kappa shape index (κ3) is 2.03. The number of likely N-dealkylation sites (tertiary alicyclic amines) is 2. The van der Waals surface area contributed by atoms with Crippen molar-refractivity contribution in [3.8, 4) is 0 Å². The number of nitrogens with zero attached hydrogens (tertiary/aromatic N) is 3. The molecule has 3 rings (SSSR count). The van der Waals surface area contributed by atoms with Gasteiger partial charge < -0.3 is 9.80 Å². The van der Waals surface area contributed by atoms with Crippen molar-refractivity contribution in [1.29, 1.82) is 0 Å². The van der Waals surface area contributed by atoms with Crippen molar-refractivity contribution in [1.82, 2.24) is 14.7 Å². The van der Waals surface area contributed by atoms with Crippen molar-refractivity contribution in [2.45, 2.75) is 44.2 Å². The lowest BCUT2D eigenvalue weighted by Gasteiger charge is -2.29. The van der Waals surface area contributed by atoms with Crippen molar-refractivity contribution in [3.05, 3.63) is 0 Å². The fraction of sp³-hybridized carbons (Fsp3) is 0.923. The number of carbonyl (C=O) groups excluding carboxylic acids is 1. The molecule has 2 bridgehead atoms. The molecule has 2 atom stereocenters. The highest BCUT2D eigenvalue weighted by Gasteiger charge is 2.37. The Balaban J connectivity index is 1.66. The molecule has 4 heteroatoms. The van der Waals surface area contributed by atoms with Crippen LogP contribution in [0.3, 0.4) is 0 Å². The summed E-state index contributed by atoms with van der Waals surface area (Å²) < 4.78 is 0. The van der Waals surface area contributed by atoms with Crippen LogP contribution >= 0.6 is 0 Å². The SMILES string of the molecule is CN1C2CCC1CN(C(=O)N1CCCC1)CC2. The first-order valence-corrected chi connectivity index (χ1v) is 7.01. The van der Waals surface area contributed by atoms with Crippen LogP contribution < -0.4 is 0 Å². The lowest BCUT2D eigenvalue weighted by Crippen LogP contribution is -2.45. The lowest BCUT2D eigenvalue weighted by molar-refractivity contribution is 0.156. The zero-order valence-electron chi connectivity index (χ0n) is 10.8.